The third kappa shape index (κ3) is 3.20. The van der Waals surface area contributed by atoms with E-state index in [9.17, 15) is 8.42 Å². The van der Waals surface area contributed by atoms with Gasteiger partial charge in [0.05, 0.1) is 15.3 Å². The minimum atomic E-state index is -3.57. The third-order valence-corrected chi connectivity index (χ3v) is 5.97. The maximum absolute atomic E-state index is 13.0. The number of rotatable bonds is 5. The van der Waals surface area contributed by atoms with Crippen LogP contribution in [-0.4, -0.2) is 38.5 Å². The lowest BCUT2D eigenvalue weighted by Crippen LogP contribution is -2.18. The van der Waals surface area contributed by atoms with Crippen LogP contribution in [0.3, 0.4) is 0 Å². The highest BCUT2D eigenvalue weighted by Gasteiger charge is 2.23. The highest BCUT2D eigenvalue weighted by molar-refractivity contribution is 7.91. The number of sulfone groups is 1. The zero-order valence-electron chi connectivity index (χ0n) is 13.6. The molecule has 3 aromatic rings. The van der Waals surface area contributed by atoms with Gasteiger partial charge in [0.2, 0.25) is 9.84 Å². The van der Waals surface area contributed by atoms with Crippen LogP contribution in [0.1, 0.15) is 0 Å². The molecule has 126 valence electrons. The Hall–Kier alpha value is -1.82. The molecule has 0 aliphatic carbocycles. The molecule has 0 bridgehead atoms. The lowest BCUT2D eigenvalue weighted by atomic mass is 10.2. The fourth-order valence-electron chi connectivity index (χ4n) is 2.66. The Balaban J connectivity index is 2.18. The molecule has 0 radical (unpaired) electrons. The van der Waals surface area contributed by atoms with Crippen LogP contribution in [0, 0.1) is 0 Å². The van der Waals surface area contributed by atoms with Crippen molar-refractivity contribution in [1.29, 1.82) is 0 Å². The van der Waals surface area contributed by atoms with Gasteiger partial charge in [-0.15, -0.1) is 0 Å². The molecule has 0 N–H and O–H groups in total. The molecule has 0 atom stereocenters. The highest BCUT2D eigenvalue weighted by atomic mass is 35.5. The lowest BCUT2D eigenvalue weighted by Gasteiger charge is -2.11. The number of likely N-dealkylation sites (N-methyl/N-ethyl adjacent to an activating group) is 1. The van der Waals surface area contributed by atoms with E-state index in [1.54, 1.807) is 48.7 Å². The van der Waals surface area contributed by atoms with Gasteiger partial charge >= 0.3 is 0 Å². The summed E-state index contributed by atoms with van der Waals surface area (Å²) in [5.74, 6) is 0. The highest BCUT2D eigenvalue weighted by Crippen LogP contribution is 2.31. The van der Waals surface area contributed by atoms with Gasteiger partial charge in [-0.25, -0.2) is 8.42 Å². The fourth-order valence-corrected chi connectivity index (χ4v) is 4.33. The molecule has 24 heavy (non-hydrogen) atoms. The average Bonchev–Trinajstić information content (AvgIpc) is 2.92. The minimum absolute atomic E-state index is 0.298. The number of hydrogen-bond acceptors (Lipinski definition) is 3. The van der Waals surface area contributed by atoms with Crippen molar-refractivity contribution >= 4 is 32.3 Å². The van der Waals surface area contributed by atoms with Gasteiger partial charge in [-0.05, 0) is 38.4 Å². The molecule has 0 saturated heterocycles. The Morgan fingerprint density at radius 1 is 1.08 bits per heavy atom. The van der Waals surface area contributed by atoms with E-state index >= 15 is 0 Å². The molecule has 1 heterocycles. The Morgan fingerprint density at radius 3 is 2.46 bits per heavy atom. The molecular weight excluding hydrogens is 344 g/mol. The SMILES string of the molecule is CN(C)CCn1cc(S(=O)(=O)c2ccccc2)c2ccc(Cl)cc21. The maximum Gasteiger partial charge on any atom is 0.208 e. The molecule has 1 aromatic heterocycles. The van der Waals surface area contributed by atoms with E-state index in [2.05, 4.69) is 4.90 Å². The number of fused-ring (bicyclic) bond motifs is 1. The molecule has 0 aliphatic rings. The summed E-state index contributed by atoms with van der Waals surface area (Å²) in [6.07, 6.45) is 1.72. The third-order valence-electron chi connectivity index (χ3n) is 3.94. The first-order valence-electron chi connectivity index (χ1n) is 7.63. The van der Waals surface area contributed by atoms with Crippen molar-refractivity contribution in [3.8, 4) is 0 Å². The van der Waals surface area contributed by atoms with Crippen LogP contribution in [-0.2, 0) is 16.4 Å². The van der Waals surface area contributed by atoms with E-state index in [0.29, 0.717) is 26.7 Å². The molecule has 0 saturated carbocycles. The Bertz CT molecular complexity index is 963. The van der Waals surface area contributed by atoms with Crippen molar-refractivity contribution in [2.45, 2.75) is 16.3 Å². The summed E-state index contributed by atoms with van der Waals surface area (Å²) in [6, 6.07) is 13.8. The van der Waals surface area contributed by atoms with Crippen LogP contribution >= 0.6 is 11.6 Å². The summed E-state index contributed by atoms with van der Waals surface area (Å²) in [5, 5.41) is 1.29. The monoisotopic (exact) mass is 362 g/mol. The molecule has 3 rings (SSSR count). The second kappa shape index (κ2) is 6.59. The van der Waals surface area contributed by atoms with Crippen LogP contribution in [0.15, 0.2) is 64.5 Å². The van der Waals surface area contributed by atoms with Crippen molar-refractivity contribution < 1.29 is 8.42 Å². The van der Waals surface area contributed by atoms with E-state index in [1.807, 2.05) is 24.7 Å². The lowest BCUT2D eigenvalue weighted by molar-refractivity contribution is 0.386. The molecule has 0 fully saturated rings. The number of halogens is 1. The van der Waals surface area contributed by atoms with Gasteiger partial charge in [-0.2, -0.15) is 0 Å². The summed E-state index contributed by atoms with van der Waals surface area (Å²) in [6.45, 7) is 1.50. The van der Waals surface area contributed by atoms with Crippen molar-refractivity contribution in [1.82, 2.24) is 9.47 Å². The first-order chi connectivity index (χ1) is 11.4. The van der Waals surface area contributed by atoms with Crippen LogP contribution in [0.4, 0.5) is 0 Å². The smallest absolute Gasteiger partial charge is 0.208 e. The number of nitrogens with zero attached hydrogens (tertiary/aromatic N) is 2. The first kappa shape index (κ1) is 17.0. The largest absolute Gasteiger partial charge is 0.345 e. The molecule has 0 unspecified atom stereocenters. The molecule has 2 aromatic carbocycles. The predicted molar refractivity (Wildman–Crippen MR) is 97.4 cm³/mol. The zero-order valence-corrected chi connectivity index (χ0v) is 15.2. The summed E-state index contributed by atoms with van der Waals surface area (Å²) < 4.78 is 28.0. The standard InChI is InChI=1S/C18H19ClN2O2S/c1-20(2)10-11-21-13-18(16-9-8-14(19)12-17(16)21)24(22,23)15-6-4-3-5-7-15/h3-9,12-13H,10-11H2,1-2H3. The van der Waals surface area contributed by atoms with Crippen LogP contribution in [0.2, 0.25) is 5.02 Å². The summed E-state index contributed by atoms with van der Waals surface area (Å²) in [5.41, 5.74) is 0.832. The average molecular weight is 363 g/mol. The Morgan fingerprint density at radius 2 is 1.79 bits per heavy atom. The molecule has 0 spiro atoms. The second-order valence-corrected chi connectivity index (χ2v) is 8.32. The van der Waals surface area contributed by atoms with Gasteiger partial charge in [0.1, 0.15) is 0 Å². The topological polar surface area (TPSA) is 42.3 Å². The van der Waals surface area contributed by atoms with E-state index in [4.69, 9.17) is 11.6 Å². The van der Waals surface area contributed by atoms with Gasteiger partial charge < -0.3 is 9.47 Å². The van der Waals surface area contributed by atoms with Crippen LogP contribution in [0.25, 0.3) is 10.9 Å². The summed E-state index contributed by atoms with van der Waals surface area (Å²) in [4.78, 5) is 2.67. The Labute approximate surface area is 147 Å². The molecule has 4 nitrogen and oxygen atoms in total. The number of benzene rings is 2. The molecule has 6 heteroatoms. The van der Waals surface area contributed by atoms with Gasteiger partial charge in [0.15, 0.2) is 0 Å². The van der Waals surface area contributed by atoms with Gasteiger partial charge in [0.25, 0.3) is 0 Å². The fraction of sp³-hybridized carbons (Fsp3) is 0.222. The summed E-state index contributed by atoms with van der Waals surface area (Å²) >= 11 is 6.12. The molecule has 0 aliphatic heterocycles. The molecular formula is C18H19ClN2O2S. The predicted octanol–water partition coefficient (Wildman–Crippen LogP) is 3.69. The van der Waals surface area contributed by atoms with E-state index in [0.717, 1.165) is 12.1 Å². The van der Waals surface area contributed by atoms with Gasteiger partial charge in [-0.3, -0.25) is 0 Å². The van der Waals surface area contributed by atoms with Gasteiger partial charge in [0, 0.05) is 29.7 Å². The summed E-state index contributed by atoms with van der Waals surface area (Å²) in [7, 11) is 0.399. The zero-order chi connectivity index (χ0) is 17.3. The van der Waals surface area contributed by atoms with Crippen molar-refractivity contribution in [3.05, 3.63) is 59.8 Å². The molecule has 0 amide bonds. The Kier molecular flexibility index (Phi) is 4.67. The minimum Gasteiger partial charge on any atom is -0.345 e. The maximum atomic E-state index is 13.0. The van der Waals surface area contributed by atoms with Crippen LogP contribution < -0.4 is 0 Å². The van der Waals surface area contributed by atoms with Crippen LogP contribution in [0.5, 0.6) is 0 Å². The van der Waals surface area contributed by atoms with E-state index < -0.39 is 9.84 Å². The normalized spacial score (nSPS) is 12.2. The van der Waals surface area contributed by atoms with E-state index in [-0.39, 0.29) is 0 Å². The van der Waals surface area contributed by atoms with E-state index in [1.165, 1.54) is 0 Å². The van der Waals surface area contributed by atoms with Crippen molar-refractivity contribution in [2.24, 2.45) is 0 Å². The number of hydrogen-bond donors (Lipinski definition) is 0. The van der Waals surface area contributed by atoms with Crippen molar-refractivity contribution in [3.63, 3.8) is 0 Å². The van der Waals surface area contributed by atoms with Crippen molar-refractivity contribution in [2.75, 3.05) is 20.6 Å². The quantitative estimate of drug-likeness (QED) is 0.695. The number of aromatic nitrogens is 1. The first-order valence-corrected chi connectivity index (χ1v) is 9.49. The van der Waals surface area contributed by atoms with Gasteiger partial charge in [-0.1, -0.05) is 35.9 Å². The second-order valence-electron chi connectivity index (χ2n) is 5.97.